The second-order valence-electron chi connectivity index (χ2n) is 8.19. The Kier molecular flexibility index (Phi) is 6.64. The maximum atomic E-state index is 13.1. The van der Waals surface area contributed by atoms with Crippen LogP contribution in [0.2, 0.25) is 0 Å². The minimum absolute atomic E-state index is 0.237. The van der Waals surface area contributed by atoms with Crippen LogP contribution in [-0.2, 0) is 17.0 Å². The number of hydrogen-bond donors (Lipinski definition) is 2. The second kappa shape index (κ2) is 10.3. The monoisotopic (exact) mass is 480 g/mol. The summed E-state index contributed by atoms with van der Waals surface area (Å²) in [6.07, 6.45) is 1.51. The van der Waals surface area contributed by atoms with Crippen LogP contribution in [0.5, 0.6) is 17.2 Å². The molecule has 7 nitrogen and oxygen atoms in total. The van der Waals surface area contributed by atoms with E-state index in [9.17, 15) is 9.90 Å². The quantitative estimate of drug-likeness (QED) is 0.289. The first kappa shape index (κ1) is 23.1. The Labute approximate surface area is 208 Å². The van der Waals surface area contributed by atoms with Gasteiger partial charge in [-0.15, -0.1) is 0 Å². The fraction of sp³-hybridized carbons (Fsp3) is 0.103. The standard InChI is InChI=1S/C29H24N2O5/c32-28(29(33,23-7-3-1-4-8-23)24-9-5-2-6-10-24)31-30-18-21-11-14-25(15-12-21)34-19-22-13-16-26-27(17-22)36-20-35-26/h1-18,33H,19-20H2,(H,31,32)/b30-18+. The first-order valence-corrected chi connectivity index (χ1v) is 11.4. The van der Waals surface area contributed by atoms with Crippen LogP contribution in [0.4, 0.5) is 0 Å². The molecule has 180 valence electrons. The van der Waals surface area contributed by atoms with Crippen molar-refractivity contribution in [3.8, 4) is 17.2 Å². The van der Waals surface area contributed by atoms with Crippen LogP contribution < -0.4 is 19.6 Å². The van der Waals surface area contributed by atoms with E-state index < -0.39 is 11.5 Å². The summed E-state index contributed by atoms with van der Waals surface area (Å²) in [6, 6.07) is 30.6. The number of benzene rings is 4. The lowest BCUT2D eigenvalue weighted by molar-refractivity contribution is -0.136. The van der Waals surface area contributed by atoms with Crippen LogP contribution in [0.15, 0.2) is 108 Å². The molecule has 36 heavy (non-hydrogen) atoms. The zero-order valence-electron chi connectivity index (χ0n) is 19.3. The number of fused-ring (bicyclic) bond motifs is 1. The summed E-state index contributed by atoms with van der Waals surface area (Å²) in [5.74, 6) is 1.49. The molecule has 0 spiro atoms. The molecule has 2 N–H and O–H groups in total. The van der Waals surface area contributed by atoms with Crippen molar-refractivity contribution in [2.75, 3.05) is 6.79 Å². The summed E-state index contributed by atoms with van der Waals surface area (Å²) >= 11 is 0. The number of ether oxygens (including phenoxy) is 3. The van der Waals surface area contributed by atoms with Gasteiger partial charge in [0, 0.05) is 0 Å². The van der Waals surface area contributed by atoms with Gasteiger partial charge in [-0.1, -0.05) is 66.7 Å². The molecule has 0 unspecified atom stereocenters. The van der Waals surface area contributed by atoms with Crippen molar-refractivity contribution in [2.24, 2.45) is 5.10 Å². The highest BCUT2D eigenvalue weighted by atomic mass is 16.7. The molecule has 0 saturated heterocycles. The highest BCUT2D eigenvalue weighted by Gasteiger charge is 2.39. The largest absolute Gasteiger partial charge is 0.489 e. The molecule has 1 amide bonds. The molecule has 1 heterocycles. The van der Waals surface area contributed by atoms with Crippen molar-refractivity contribution in [3.63, 3.8) is 0 Å². The predicted molar refractivity (Wildman–Crippen MR) is 135 cm³/mol. The Bertz CT molecular complexity index is 1320. The van der Waals surface area contributed by atoms with Crippen LogP contribution in [0.25, 0.3) is 0 Å². The SMILES string of the molecule is O=C(N/N=C/c1ccc(OCc2ccc3c(c2)OCO3)cc1)C(O)(c1ccccc1)c1ccccc1. The number of hydrogen-bond acceptors (Lipinski definition) is 6. The number of amides is 1. The Morgan fingerprint density at radius 2 is 1.53 bits per heavy atom. The van der Waals surface area contributed by atoms with Crippen molar-refractivity contribution < 1.29 is 24.1 Å². The summed E-state index contributed by atoms with van der Waals surface area (Å²) in [6.45, 7) is 0.624. The van der Waals surface area contributed by atoms with Gasteiger partial charge in [0.15, 0.2) is 17.1 Å². The molecular weight excluding hydrogens is 456 g/mol. The summed E-state index contributed by atoms with van der Waals surface area (Å²) in [5.41, 5.74) is 3.23. The summed E-state index contributed by atoms with van der Waals surface area (Å²) in [4.78, 5) is 13.1. The van der Waals surface area contributed by atoms with E-state index in [1.807, 2.05) is 54.6 Å². The maximum Gasteiger partial charge on any atom is 0.281 e. The molecule has 5 rings (SSSR count). The van der Waals surface area contributed by atoms with E-state index in [1.165, 1.54) is 6.21 Å². The molecular formula is C29H24N2O5. The van der Waals surface area contributed by atoms with Gasteiger partial charge < -0.3 is 19.3 Å². The molecule has 0 aliphatic carbocycles. The minimum Gasteiger partial charge on any atom is -0.489 e. The third kappa shape index (κ3) is 4.92. The van der Waals surface area contributed by atoms with Gasteiger partial charge in [-0.3, -0.25) is 4.79 Å². The third-order valence-electron chi connectivity index (χ3n) is 5.81. The Morgan fingerprint density at radius 1 is 0.889 bits per heavy atom. The molecule has 4 aromatic carbocycles. The van der Waals surface area contributed by atoms with Crippen LogP contribution in [-0.4, -0.2) is 24.0 Å². The van der Waals surface area contributed by atoms with E-state index in [1.54, 1.807) is 48.5 Å². The number of aliphatic hydroxyl groups is 1. The van der Waals surface area contributed by atoms with Gasteiger partial charge >= 0.3 is 0 Å². The van der Waals surface area contributed by atoms with Gasteiger partial charge in [0.1, 0.15) is 12.4 Å². The summed E-state index contributed by atoms with van der Waals surface area (Å²) < 4.78 is 16.6. The fourth-order valence-electron chi connectivity index (χ4n) is 3.88. The number of hydrazone groups is 1. The highest BCUT2D eigenvalue weighted by Crippen LogP contribution is 2.33. The van der Waals surface area contributed by atoms with Crippen molar-refractivity contribution in [1.29, 1.82) is 0 Å². The van der Waals surface area contributed by atoms with E-state index in [0.29, 0.717) is 23.5 Å². The first-order valence-electron chi connectivity index (χ1n) is 11.4. The van der Waals surface area contributed by atoms with Crippen molar-refractivity contribution in [2.45, 2.75) is 12.2 Å². The van der Waals surface area contributed by atoms with Gasteiger partial charge in [0.05, 0.1) is 6.21 Å². The molecule has 4 aromatic rings. The lowest BCUT2D eigenvalue weighted by atomic mass is 9.85. The molecule has 0 radical (unpaired) electrons. The number of carbonyl (C=O) groups excluding carboxylic acids is 1. The van der Waals surface area contributed by atoms with E-state index in [4.69, 9.17) is 14.2 Å². The fourth-order valence-corrected chi connectivity index (χ4v) is 3.88. The van der Waals surface area contributed by atoms with Gasteiger partial charge in [0.2, 0.25) is 6.79 Å². The number of nitrogens with one attached hydrogen (secondary N) is 1. The third-order valence-corrected chi connectivity index (χ3v) is 5.81. The average Bonchev–Trinajstić information content (AvgIpc) is 3.41. The minimum atomic E-state index is -1.88. The summed E-state index contributed by atoms with van der Waals surface area (Å²) in [5, 5.41) is 15.5. The number of carbonyl (C=O) groups is 1. The zero-order valence-corrected chi connectivity index (χ0v) is 19.3. The Hall–Kier alpha value is -4.62. The molecule has 1 aliphatic rings. The Morgan fingerprint density at radius 3 is 2.19 bits per heavy atom. The predicted octanol–water partition coefficient (Wildman–Crippen LogP) is 4.38. The normalized spacial score (nSPS) is 12.5. The van der Waals surface area contributed by atoms with Gasteiger partial charge in [-0.2, -0.15) is 5.10 Å². The molecule has 7 heteroatoms. The van der Waals surface area contributed by atoms with E-state index in [2.05, 4.69) is 10.5 Å². The second-order valence-corrected chi connectivity index (χ2v) is 8.19. The average molecular weight is 481 g/mol. The summed E-state index contributed by atoms with van der Waals surface area (Å²) in [7, 11) is 0. The van der Waals surface area contributed by atoms with Gasteiger partial charge in [0.25, 0.3) is 5.91 Å². The van der Waals surface area contributed by atoms with Gasteiger partial charge in [-0.25, -0.2) is 5.43 Å². The lowest BCUT2D eigenvalue weighted by Crippen LogP contribution is -2.43. The van der Waals surface area contributed by atoms with E-state index in [0.717, 1.165) is 22.6 Å². The highest BCUT2D eigenvalue weighted by molar-refractivity contribution is 5.91. The van der Waals surface area contributed by atoms with E-state index in [-0.39, 0.29) is 6.79 Å². The van der Waals surface area contributed by atoms with Crippen molar-refractivity contribution in [3.05, 3.63) is 125 Å². The number of rotatable bonds is 8. The molecule has 1 aliphatic heterocycles. The van der Waals surface area contributed by atoms with Crippen LogP contribution in [0, 0.1) is 0 Å². The van der Waals surface area contributed by atoms with Crippen LogP contribution in [0.1, 0.15) is 22.3 Å². The lowest BCUT2D eigenvalue weighted by Gasteiger charge is -2.27. The number of nitrogens with zero attached hydrogens (tertiary/aromatic N) is 1. The molecule has 0 saturated carbocycles. The zero-order chi connectivity index (χ0) is 24.8. The molecule has 0 bridgehead atoms. The van der Waals surface area contributed by atoms with Crippen LogP contribution >= 0.6 is 0 Å². The molecule has 0 atom stereocenters. The van der Waals surface area contributed by atoms with Crippen molar-refractivity contribution in [1.82, 2.24) is 5.43 Å². The van der Waals surface area contributed by atoms with E-state index >= 15 is 0 Å². The first-order chi connectivity index (χ1) is 17.6. The van der Waals surface area contributed by atoms with Crippen molar-refractivity contribution >= 4 is 12.1 Å². The van der Waals surface area contributed by atoms with Crippen LogP contribution in [0.3, 0.4) is 0 Å². The Balaban J connectivity index is 1.22. The topological polar surface area (TPSA) is 89.4 Å². The smallest absolute Gasteiger partial charge is 0.281 e. The van der Waals surface area contributed by atoms with Gasteiger partial charge in [-0.05, 0) is 58.7 Å². The molecule has 0 aromatic heterocycles. The maximum absolute atomic E-state index is 13.1. The molecule has 0 fully saturated rings.